The van der Waals surface area contributed by atoms with E-state index in [1.54, 1.807) is 0 Å². The lowest BCUT2D eigenvalue weighted by Gasteiger charge is -2.16. The van der Waals surface area contributed by atoms with E-state index in [2.05, 4.69) is 167 Å². The largest absolute Gasteiger partial charge is 0.309 e. The van der Waals surface area contributed by atoms with Gasteiger partial charge in [-0.05, 0) is 71.3 Å². The lowest BCUT2D eigenvalue weighted by atomic mass is 9.95. The number of benzene rings is 7. The Kier molecular flexibility index (Phi) is 5.88. The summed E-state index contributed by atoms with van der Waals surface area (Å²) in [4.78, 5) is 0. The number of hydrogen-bond acceptors (Lipinski definition) is 1. The Hall–Kier alpha value is -6.37. The van der Waals surface area contributed by atoms with E-state index in [4.69, 9.17) is 0 Å². The van der Waals surface area contributed by atoms with Crippen molar-refractivity contribution in [1.82, 2.24) is 9.13 Å². The molecule has 0 saturated carbocycles. The number of rotatable bonds is 4. The molecule has 0 aliphatic rings. The van der Waals surface area contributed by atoms with E-state index in [1.165, 1.54) is 32.6 Å². The van der Waals surface area contributed by atoms with Crippen LogP contribution >= 0.6 is 0 Å². The monoisotopic (exact) mass is 585 g/mol. The minimum absolute atomic E-state index is 0.643. The predicted molar refractivity (Wildman–Crippen MR) is 191 cm³/mol. The Bertz CT molecular complexity index is 2600. The van der Waals surface area contributed by atoms with Crippen LogP contribution in [0.5, 0.6) is 0 Å². The van der Waals surface area contributed by atoms with Gasteiger partial charge in [-0.15, -0.1) is 0 Å². The summed E-state index contributed by atoms with van der Waals surface area (Å²) in [6.07, 6.45) is 0. The molecule has 2 aromatic heterocycles. The van der Waals surface area contributed by atoms with Gasteiger partial charge in [0.25, 0.3) is 0 Å². The van der Waals surface area contributed by atoms with Gasteiger partial charge in [0.15, 0.2) is 0 Å². The number of aromatic nitrogens is 2. The molecule has 0 aliphatic carbocycles. The Morgan fingerprint density at radius 2 is 0.935 bits per heavy atom. The number of fused-ring (bicyclic) bond motifs is 6. The molecule has 0 bridgehead atoms. The summed E-state index contributed by atoms with van der Waals surface area (Å²) in [5.74, 6) is 0. The normalized spacial score (nSPS) is 11.5. The van der Waals surface area contributed by atoms with Crippen molar-refractivity contribution in [3.05, 3.63) is 169 Å². The van der Waals surface area contributed by atoms with Crippen molar-refractivity contribution in [3.63, 3.8) is 0 Å². The van der Waals surface area contributed by atoms with E-state index < -0.39 is 0 Å². The lowest BCUT2D eigenvalue weighted by Crippen LogP contribution is -2.00. The average Bonchev–Trinajstić information content (AvgIpc) is 3.64. The van der Waals surface area contributed by atoms with Crippen LogP contribution in [-0.4, -0.2) is 9.13 Å². The Morgan fingerprint density at radius 1 is 0.391 bits per heavy atom. The topological polar surface area (TPSA) is 33.6 Å². The van der Waals surface area contributed by atoms with Gasteiger partial charge in [0.05, 0.1) is 33.3 Å². The quantitative estimate of drug-likeness (QED) is 0.202. The predicted octanol–water partition coefficient (Wildman–Crippen LogP) is 11.1. The highest BCUT2D eigenvalue weighted by atomic mass is 15.0. The highest BCUT2D eigenvalue weighted by Crippen LogP contribution is 2.40. The molecule has 0 aliphatic heterocycles. The van der Waals surface area contributed by atoms with Crippen molar-refractivity contribution < 1.29 is 0 Å². The molecule has 9 rings (SSSR count). The van der Waals surface area contributed by atoms with Crippen LogP contribution in [-0.2, 0) is 0 Å². The fourth-order valence-corrected chi connectivity index (χ4v) is 7.15. The molecular weight excluding hydrogens is 558 g/mol. The van der Waals surface area contributed by atoms with Gasteiger partial charge in [-0.25, -0.2) is 0 Å². The highest BCUT2D eigenvalue weighted by Gasteiger charge is 2.19. The summed E-state index contributed by atoms with van der Waals surface area (Å²) in [7, 11) is 0. The average molecular weight is 586 g/mol. The van der Waals surface area contributed by atoms with Gasteiger partial charge in [-0.2, -0.15) is 5.26 Å². The third kappa shape index (κ3) is 3.91. The van der Waals surface area contributed by atoms with Crippen molar-refractivity contribution >= 4 is 43.6 Å². The van der Waals surface area contributed by atoms with Crippen molar-refractivity contribution in [1.29, 1.82) is 5.26 Å². The van der Waals surface area contributed by atoms with Gasteiger partial charge in [-0.1, -0.05) is 109 Å². The number of nitrogens with zero attached hydrogens (tertiary/aromatic N) is 3. The first kappa shape index (κ1) is 26.1. The molecule has 9 aromatic rings. The molecule has 7 aromatic carbocycles. The molecule has 0 fully saturated rings. The van der Waals surface area contributed by atoms with Crippen LogP contribution in [0.25, 0.3) is 77.2 Å². The minimum Gasteiger partial charge on any atom is -0.309 e. The number of hydrogen-bond donors (Lipinski definition) is 0. The first-order chi connectivity index (χ1) is 22.8. The maximum absolute atomic E-state index is 10.4. The first-order valence-corrected chi connectivity index (χ1v) is 15.5. The third-order valence-corrected chi connectivity index (χ3v) is 9.15. The third-order valence-electron chi connectivity index (χ3n) is 9.15. The summed E-state index contributed by atoms with van der Waals surface area (Å²) in [5.41, 5.74) is 11.6. The second-order valence-corrected chi connectivity index (χ2v) is 11.7. The summed E-state index contributed by atoms with van der Waals surface area (Å²) in [6.45, 7) is 0. The maximum Gasteiger partial charge on any atom is 0.101 e. The molecule has 0 radical (unpaired) electrons. The van der Waals surface area contributed by atoms with Gasteiger partial charge >= 0.3 is 0 Å². The van der Waals surface area contributed by atoms with Gasteiger partial charge in [-0.3, -0.25) is 0 Å². The number of para-hydroxylation sites is 5. The van der Waals surface area contributed by atoms with Crippen molar-refractivity contribution in [2.45, 2.75) is 0 Å². The van der Waals surface area contributed by atoms with E-state index in [9.17, 15) is 5.26 Å². The molecule has 0 N–H and O–H groups in total. The van der Waals surface area contributed by atoms with Crippen molar-refractivity contribution in [3.8, 4) is 39.7 Å². The SMILES string of the molecule is N#Cc1cccc(-c2cccc(-c3ccc4c(c3)c3ccccc3n4-c3ccccc3)c2)c1-n1c2ccccc2c2ccccc21. The molecule has 0 spiro atoms. The van der Waals surface area contributed by atoms with E-state index in [1.807, 2.05) is 12.1 Å². The molecule has 0 amide bonds. The molecular formula is C43H27N3. The molecule has 3 nitrogen and oxygen atoms in total. The zero-order valence-electron chi connectivity index (χ0n) is 24.9. The molecule has 214 valence electrons. The van der Waals surface area contributed by atoms with Gasteiger partial charge in [0, 0.05) is 32.8 Å². The van der Waals surface area contributed by atoms with E-state index >= 15 is 0 Å². The van der Waals surface area contributed by atoms with Crippen LogP contribution in [0.3, 0.4) is 0 Å². The second kappa shape index (κ2) is 10.4. The summed E-state index contributed by atoms with van der Waals surface area (Å²) in [5, 5.41) is 15.2. The fraction of sp³-hybridized carbons (Fsp3) is 0. The maximum atomic E-state index is 10.4. The van der Waals surface area contributed by atoms with Crippen molar-refractivity contribution in [2.75, 3.05) is 0 Å². The molecule has 0 atom stereocenters. The zero-order valence-corrected chi connectivity index (χ0v) is 24.9. The van der Waals surface area contributed by atoms with E-state index in [-0.39, 0.29) is 0 Å². The van der Waals surface area contributed by atoms with E-state index in [0.717, 1.165) is 44.7 Å². The van der Waals surface area contributed by atoms with Gasteiger partial charge in [0.2, 0.25) is 0 Å². The van der Waals surface area contributed by atoms with Crippen LogP contribution in [0.4, 0.5) is 0 Å². The Labute approximate surface area is 266 Å². The molecule has 0 unspecified atom stereocenters. The van der Waals surface area contributed by atoms with Crippen molar-refractivity contribution in [2.24, 2.45) is 0 Å². The summed E-state index contributed by atoms with van der Waals surface area (Å²) in [6, 6.07) is 60.1. The van der Waals surface area contributed by atoms with Gasteiger partial charge < -0.3 is 9.13 Å². The fourth-order valence-electron chi connectivity index (χ4n) is 7.15. The zero-order chi connectivity index (χ0) is 30.6. The highest BCUT2D eigenvalue weighted by molar-refractivity contribution is 6.11. The minimum atomic E-state index is 0.643. The summed E-state index contributed by atoms with van der Waals surface area (Å²) < 4.78 is 4.60. The van der Waals surface area contributed by atoms with Crippen LogP contribution in [0.2, 0.25) is 0 Å². The molecule has 3 heteroatoms. The Balaban J connectivity index is 1.25. The smallest absolute Gasteiger partial charge is 0.101 e. The second-order valence-electron chi connectivity index (χ2n) is 11.7. The van der Waals surface area contributed by atoms with Crippen LogP contribution in [0, 0.1) is 11.3 Å². The standard InChI is InChI=1S/C43H27N3/c44-28-32-14-11-20-34(43(32)46-40-22-8-4-17-35(40)36-18-5-9-23-41(36)46)31-13-10-12-29(26-31)30-24-25-42-38(27-30)37-19-6-7-21-39(37)45(42)33-15-2-1-3-16-33/h1-27H. The molecule has 46 heavy (non-hydrogen) atoms. The molecule has 2 heterocycles. The lowest BCUT2D eigenvalue weighted by molar-refractivity contribution is 1.17. The molecule has 0 saturated heterocycles. The summed E-state index contributed by atoms with van der Waals surface area (Å²) >= 11 is 0. The van der Waals surface area contributed by atoms with Crippen LogP contribution in [0.15, 0.2) is 164 Å². The van der Waals surface area contributed by atoms with E-state index in [0.29, 0.717) is 5.56 Å². The van der Waals surface area contributed by atoms with Crippen LogP contribution < -0.4 is 0 Å². The van der Waals surface area contributed by atoms with Crippen LogP contribution in [0.1, 0.15) is 5.56 Å². The Morgan fingerprint density at radius 3 is 1.63 bits per heavy atom. The first-order valence-electron chi connectivity index (χ1n) is 15.5. The van der Waals surface area contributed by atoms with Gasteiger partial charge in [0.1, 0.15) is 6.07 Å². The number of nitriles is 1.